The number of rotatable bonds is 6. The molecule has 0 aliphatic heterocycles. The van der Waals surface area contributed by atoms with E-state index in [0.29, 0.717) is 29.3 Å². The number of carbonyl (C=O) groups is 1. The molecule has 11 heteroatoms. The van der Waals surface area contributed by atoms with Gasteiger partial charge in [-0.25, -0.2) is 18.4 Å². The van der Waals surface area contributed by atoms with Crippen molar-refractivity contribution in [1.29, 1.82) is 0 Å². The number of halogens is 1. The Labute approximate surface area is 194 Å². The number of para-hydroxylation sites is 1. The quantitative estimate of drug-likeness (QED) is 0.402. The number of sulfone groups is 1. The summed E-state index contributed by atoms with van der Waals surface area (Å²) in [6, 6.07) is 10.5. The summed E-state index contributed by atoms with van der Waals surface area (Å²) >= 11 is 2.80. The first-order chi connectivity index (χ1) is 14.2. The number of benzene rings is 2. The highest BCUT2D eigenvalue weighted by molar-refractivity contribution is 7.91. The number of hydrogen-bond acceptors (Lipinski definition) is 8. The molecule has 0 fully saturated rings. The standard InChI is InChI=1S/C20H20N4O3S3.ClH/c1-23(2)9-10-24(19(25)13-7-8-14-16(11-13)28-12-21-14)20-22-18-15(29-20)5-4-6-17(18)30(3,26)27;/h4-8,11-12H,9-10H2,1-3H3;1H. The summed E-state index contributed by atoms with van der Waals surface area (Å²) in [5.74, 6) is -0.174. The first-order valence-corrected chi connectivity index (χ1v) is 12.7. The Hall–Kier alpha value is -2.11. The lowest BCUT2D eigenvalue weighted by atomic mass is 10.2. The van der Waals surface area contributed by atoms with E-state index in [9.17, 15) is 13.2 Å². The molecule has 0 atom stereocenters. The Balaban J connectivity index is 0.00000272. The topological polar surface area (TPSA) is 83.5 Å². The monoisotopic (exact) mass is 496 g/mol. The number of nitrogens with zero attached hydrogens (tertiary/aromatic N) is 4. The van der Waals surface area contributed by atoms with Crippen LogP contribution in [-0.4, -0.2) is 62.6 Å². The van der Waals surface area contributed by atoms with Crippen molar-refractivity contribution in [2.45, 2.75) is 4.90 Å². The third kappa shape index (κ3) is 4.88. The van der Waals surface area contributed by atoms with Crippen LogP contribution in [0.15, 0.2) is 46.8 Å². The van der Waals surface area contributed by atoms with E-state index in [2.05, 4.69) is 9.97 Å². The van der Waals surface area contributed by atoms with Crippen molar-refractivity contribution in [2.75, 3.05) is 38.3 Å². The molecule has 2 heterocycles. The van der Waals surface area contributed by atoms with Gasteiger partial charge in [0.15, 0.2) is 15.0 Å². The fourth-order valence-corrected chi connectivity index (χ4v) is 5.68. The van der Waals surface area contributed by atoms with Crippen LogP contribution in [0.2, 0.25) is 0 Å². The third-order valence-corrected chi connectivity index (χ3v) is 7.56. The van der Waals surface area contributed by atoms with Gasteiger partial charge in [-0.05, 0) is 44.4 Å². The van der Waals surface area contributed by atoms with Crippen LogP contribution in [-0.2, 0) is 9.84 Å². The Bertz CT molecular complexity index is 1350. The van der Waals surface area contributed by atoms with Gasteiger partial charge in [-0.2, -0.15) is 0 Å². The molecule has 0 aliphatic rings. The molecule has 2 aromatic carbocycles. The van der Waals surface area contributed by atoms with E-state index in [1.807, 2.05) is 37.2 Å². The first kappa shape index (κ1) is 23.6. The van der Waals surface area contributed by atoms with Gasteiger partial charge in [0.25, 0.3) is 5.91 Å². The zero-order valence-corrected chi connectivity index (χ0v) is 20.4. The Kier molecular flexibility index (Phi) is 6.97. The van der Waals surface area contributed by atoms with Gasteiger partial charge in [-0.1, -0.05) is 17.4 Å². The van der Waals surface area contributed by atoms with Crippen LogP contribution in [0.25, 0.3) is 20.4 Å². The van der Waals surface area contributed by atoms with E-state index in [4.69, 9.17) is 0 Å². The molecule has 2 aromatic heterocycles. The minimum absolute atomic E-state index is 0. The predicted molar refractivity (Wildman–Crippen MR) is 130 cm³/mol. The summed E-state index contributed by atoms with van der Waals surface area (Å²) < 4.78 is 26.0. The van der Waals surface area contributed by atoms with E-state index in [1.165, 1.54) is 28.9 Å². The second-order valence-electron chi connectivity index (χ2n) is 7.17. The Morgan fingerprint density at radius 1 is 1.10 bits per heavy atom. The molecule has 0 saturated carbocycles. The molecule has 0 aliphatic carbocycles. The van der Waals surface area contributed by atoms with Crippen LogP contribution < -0.4 is 4.90 Å². The number of aromatic nitrogens is 2. The lowest BCUT2D eigenvalue weighted by molar-refractivity contribution is 0.0985. The highest BCUT2D eigenvalue weighted by Gasteiger charge is 2.24. The molecule has 0 unspecified atom stereocenters. The highest BCUT2D eigenvalue weighted by atomic mass is 35.5. The van der Waals surface area contributed by atoms with Crippen LogP contribution in [0.1, 0.15) is 10.4 Å². The number of anilines is 1. The maximum absolute atomic E-state index is 13.4. The van der Waals surface area contributed by atoms with Crippen LogP contribution in [0.3, 0.4) is 0 Å². The molecule has 0 spiro atoms. The van der Waals surface area contributed by atoms with Gasteiger partial charge in [0.1, 0.15) is 5.52 Å². The van der Waals surface area contributed by atoms with Gasteiger partial charge in [-0.15, -0.1) is 23.7 Å². The average Bonchev–Trinajstić information content (AvgIpc) is 3.32. The maximum atomic E-state index is 13.4. The van der Waals surface area contributed by atoms with Gasteiger partial charge < -0.3 is 4.90 Å². The molecule has 31 heavy (non-hydrogen) atoms. The average molecular weight is 497 g/mol. The minimum atomic E-state index is -3.43. The largest absolute Gasteiger partial charge is 0.308 e. The van der Waals surface area contributed by atoms with E-state index in [-0.39, 0.29) is 23.2 Å². The number of fused-ring (bicyclic) bond motifs is 2. The van der Waals surface area contributed by atoms with Gasteiger partial charge in [0.05, 0.1) is 25.3 Å². The van der Waals surface area contributed by atoms with E-state index < -0.39 is 9.84 Å². The van der Waals surface area contributed by atoms with Crippen molar-refractivity contribution >= 4 is 76.4 Å². The van der Waals surface area contributed by atoms with Gasteiger partial charge >= 0.3 is 0 Å². The van der Waals surface area contributed by atoms with Crippen molar-refractivity contribution in [2.24, 2.45) is 0 Å². The fourth-order valence-electron chi connectivity index (χ4n) is 3.05. The summed E-state index contributed by atoms with van der Waals surface area (Å²) in [4.78, 5) is 26.0. The molecule has 4 aromatic rings. The van der Waals surface area contributed by atoms with Crippen LogP contribution in [0.5, 0.6) is 0 Å². The van der Waals surface area contributed by atoms with Gasteiger partial charge in [0.2, 0.25) is 0 Å². The zero-order chi connectivity index (χ0) is 21.5. The number of hydrogen-bond donors (Lipinski definition) is 0. The SMILES string of the molecule is CN(C)CCN(C(=O)c1ccc2ncsc2c1)c1nc2c(S(C)(=O)=O)cccc2s1.Cl. The second kappa shape index (κ2) is 9.17. The van der Waals surface area contributed by atoms with Crippen LogP contribution >= 0.6 is 35.1 Å². The summed E-state index contributed by atoms with van der Waals surface area (Å²) in [6.07, 6.45) is 1.17. The molecule has 1 amide bonds. The molecule has 0 bridgehead atoms. The normalized spacial score (nSPS) is 11.7. The molecule has 0 N–H and O–H groups in total. The Morgan fingerprint density at radius 2 is 1.87 bits per heavy atom. The fraction of sp³-hybridized carbons (Fsp3) is 0.250. The predicted octanol–water partition coefficient (Wildman–Crippen LogP) is 3.94. The zero-order valence-electron chi connectivity index (χ0n) is 17.1. The van der Waals surface area contributed by atoms with Crippen molar-refractivity contribution in [3.8, 4) is 0 Å². The number of likely N-dealkylation sites (N-methyl/N-ethyl adjacent to an activating group) is 1. The van der Waals surface area contributed by atoms with Crippen LogP contribution in [0, 0.1) is 0 Å². The van der Waals surface area contributed by atoms with E-state index in [1.54, 1.807) is 28.6 Å². The smallest absolute Gasteiger partial charge is 0.260 e. The number of amides is 1. The Morgan fingerprint density at radius 3 is 2.58 bits per heavy atom. The highest BCUT2D eigenvalue weighted by Crippen LogP contribution is 2.33. The third-order valence-electron chi connectivity index (χ3n) is 4.60. The van der Waals surface area contributed by atoms with Crippen molar-refractivity contribution in [3.63, 3.8) is 0 Å². The molecular formula is C20H21ClN4O3S3. The molecular weight excluding hydrogens is 476 g/mol. The second-order valence-corrected chi connectivity index (χ2v) is 11.0. The summed E-state index contributed by atoms with van der Waals surface area (Å²) in [7, 11) is 0.442. The van der Waals surface area contributed by atoms with Crippen molar-refractivity contribution in [1.82, 2.24) is 14.9 Å². The van der Waals surface area contributed by atoms with Crippen molar-refractivity contribution < 1.29 is 13.2 Å². The summed E-state index contributed by atoms with van der Waals surface area (Å²) in [6.45, 7) is 1.07. The molecule has 0 saturated heterocycles. The number of thiazole rings is 2. The lowest BCUT2D eigenvalue weighted by Crippen LogP contribution is -2.36. The first-order valence-electron chi connectivity index (χ1n) is 9.13. The molecule has 164 valence electrons. The van der Waals surface area contributed by atoms with Crippen LogP contribution in [0.4, 0.5) is 5.13 Å². The molecule has 0 radical (unpaired) electrons. The van der Waals surface area contributed by atoms with Gasteiger partial charge in [0, 0.05) is 24.9 Å². The lowest BCUT2D eigenvalue weighted by Gasteiger charge is -2.22. The summed E-state index contributed by atoms with van der Waals surface area (Å²) in [5.41, 5.74) is 3.56. The summed E-state index contributed by atoms with van der Waals surface area (Å²) in [5, 5.41) is 0.484. The molecule has 4 rings (SSSR count). The van der Waals surface area contributed by atoms with E-state index >= 15 is 0 Å². The van der Waals surface area contributed by atoms with Gasteiger partial charge in [-0.3, -0.25) is 9.69 Å². The number of carbonyl (C=O) groups excluding carboxylic acids is 1. The minimum Gasteiger partial charge on any atom is -0.308 e. The van der Waals surface area contributed by atoms with E-state index in [0.717, 1.165) is 14.9 Å². The van der Waals surface area contributed by atoms with Crippen molar-refractivity contribution in [3.05, 3.63) is 47.5 Å². The maximum Gasteiger partial charge on any atom is 0.260 e. The molecule has 7 nitrogen and oxygen atoms in total.